The number of hydrogen-bond acceptors (Lipinski definition) is 2. The zero-order chi connectivity index (χ0) is 17.2. The maximum Gasteiger partial charge on any atom is 0.435 e. The summed E-state index contributed by atoms with van der Waals surface area (Å²) in [5.74, 6) is 0. The van der Waals surface area contributed by atoms with Gasteiger partial charge < -0.3 is 0 Å². The van der Waals surface area contributed by atoms with Crippen molar-refractivity contribution >= 4 is 0 Å². The fraction of sp³-hybridized carbons (Fsp3) is 0.222. The fourth-order valence-electron chi connectivity index (χ4n) is 2.55. The summed E-state index contributed by atoms with van der Waals surface area (Å²) in [6.45, 7) is 2.02. The maximum absolute atomic E-state index is 13.6. The van der Waals surface area contributed by atoms with Gasteiger partial charge in [0.1, 0.15) is 5.69 Å². The Labute approximate surface area is 137 Å². The first-order valence-electron chi connectivity index (χ1n) is 7.63. The predicted molar refractivity (Wildman–Crippen MR) is 85.4 cm³/mol. The molecule has 0 unspecified atom stereocenters. The van der Waals surface area contributed by atoms with Crippen LogP contribution in [0.15, 0.2) is 54.6 Å². The van der Waals surface area contributed by atoms with Gasteiger partial charge in [0.15, 0.2) is 5.69 Å². The lowest BCUT2D eigenvalue weighted by Crippen LogP contribution is -2.16. The van der Waals surface area contributed by atoms with Crippen molar-refractivity contribution in [3.8, 4) is 11.3 Å². The Morgan fingerprint density at radius 3 is 2.17 bits per heavy atom. The number of alkyl halides is 3. The second-order valence-electron chi connectivity index (χ2n) is 5.48. The van der Waals surface area contributed by atoms with Crippen molar-refractivity contribution in [3.63, 3.8) is 0 Å². The van der Waals surface area contributed by atoms with Gasteiger partial charge in [0, 0.05) is 5.56 Å². The third-order valence-electron chi connectivity index (χ3n) is 3.81. The minimum Gasteiger partial charge on any atom is -0.235 e. The number of aromatic nitrogens is 3. The molecule has 3 rings (SSSR count). The molecule has 2 aromatic carbocycles. The molecule has 124 valence electrons. The summed E-state index contributed by atoms with van der Waals surface area (Å²) < 4.78 is 41.6. The first kappa shape index (κ1) is 16.2. The smallest absolute Gasteiger partial charge is 0.235 e. The van der Waals surface area contributed by atoms with Gasteiger partial charge in [-0.2, -0.15) is 13.2 Å². The van der Waals surface area contributed by atoms with Gasteiger partial charge in [-0.05, 0) is 17.5 Å². The summed E-state index contributed by atoms with van der Waals surface area (Å²) in [7, 11) is 0. The van der Waals surface area contributed by atoms with E-state index in [1.807, 2.05) is 25.1 Å². The maximum atomic E-state index is 13.6. The van der Waals surface area contributed by atoms with Gasteiger partial charge >= 0.3 is 6.18 Å². The van der Waals surface area contributed by atoms with Crippen LogP contribution in [0, 0.1) is 0 Å². The molecule has 0 saturated heterocycles. The Balaban J connectivity index is 2.03. The van der Waals surface area contributed by atoms with Gasteiger partial charge in [-0.15, -0.1) is 5.10 Å². The molecule has 0 aliphatic heterocycles. The van der Waals surface area contributed by atoms with E-state index in [4.69, 9.17) is 0 Å². The number of aryl methyl sites for hydroxylation is 1. The lowest BCUT2D eigenvalue weighted by atomic mass is 10.1. The van der Waals surface area contributed by atoms with Crippen LogP contribution >= 0.6 is 0 Å². The molecule has 24 heavy (non-hydrogen) atoms. The van der Waals surface area contributed by atoms with Crippen LogP contribution < -0.4 is 0 Å². The number of halogens is 3. The minimum absolute atomic E-state index is 0.0235. The zero-order valence-electron chi connectivity index (χ0n) is 13.1. The molecule has 6 heteroatoms. The molecule has 1 aromatic heterocycles. The molecule has 0 bridgehead atoms. The van der Waals surface area contributed by atoms with E-state index in [1.54, 1.807) is 36.4 Å². The summed E-state index contributed by atoms with van der Waals surface area (Å²) in [5, 5.41) is 7.54. The van der Waals surface area contributed by atoms with Gasteiger partial charge in [-0.25, -0.2) is 4.68 Å². The highest BCUT2D eigenvalue weighted by Gasteiger charge is 2.39. The monoisotopic (exact) mass is 331 g/mol. The first-order chi connectivity index (χ1) is 11.5. The molecule has 3 nitrogen and oxygen atoms in total. The van der Waals surface area contributed by atoms with E-state index in [9.17, 15) is 13.2 Å². The summed E-state index contributed by atoms with van der Waals surface area (Å²) in [5.41, 5.74) is 1.25. The van der Waals surface area contributed by atoms with E-state index in [0.717, 1.165) is 22.2 Å². The molecule has 0 radical (unpaired) electrons. The standard InChI is InChI=1S/C18H16F3N3/c1-2-13-8-10-15(11-9-13)16-17(18(19,20)21)24(23-22-16)12-14-6-4-3-5-7-14/h3-11H,2,12H2,1H3. The van der Waals surface area contributed by atoms with E-state index >= 15 is 0 Å². The minimum atomic E-state index is -4.53. The SMILES string of the molecule is CCc1ccc(-c2nnn(Cc3ccccc3)c2C(F)(F)F)cc1. The Morgan fingerprint density at radius 2 is 1.58 bits per heavy atom. The van der Waals surface area contributed by atoms with Gasteiger partial charge in [0.25, 0.3) is 0 Å². The summed E-state index contributed by atoms with van der Waals surface area (Å²) in [6, 6.07) is 15.8. The number of hydrogen-bond donors (Lipinski definition) is 0. The quantitative estimate of drug-likeness (QED) is 0.701. The van der Waals surface area contributed by atoms with Gasteiger partial charge in [-0.1, -0.05) is 66.7 Å². The van der Waals surface area contributed by atoms with Crippen LogP contribution in [0.4, 0.5) is 13.2 Å². The second kappa shape index (κ2) is 6.47. The Morgan fingerprint density at radius 1 is 0.917 bits per heavy atom. The van der Waals surface area contributed by atoms with Crippen molar-refractivity contribution in [1.29, 1.82) is 0 Å². The van der Waals surface area contributed by atoms with E-state index in [1.165, 1.54) is 0 Å². The normalized spacial score (nSPS) is 11.7. The topological polar surface area (TPSA) is 30.7 Å². The molecular formula is C18H16F3N3. The third kappa shape index (κ3) is 3.32. The summed E-state index contributed by atoms with van der Waals surface area (Å²) in [6.07, 6.45) is -3.70. The first-order valence-corrected chi connectivity index (χ1v) is 7.63. The van der Waals surface area contributed by atoms with E-state index in [2.05, 4.69) is 10.3 Å². The van der Waals surface area contributed by atoms with Crippen LogP contribution in [0.5, 0.6) is 0 Å². The average molecular weight is 331 g/mol. The molecule has 0 aliphatic carbocycles. The van der Waals surface area contributed by atoms with Crippen LogP contribution in [0.25, 0.3) is 11.3 Å². The van der Waals surface area contributed by atoms with Crippen molar-refractivity contribution in [2.45, 2.75) is 26.1 Å². The molecule has 0 spiro atoms. The highest BCUT2D eigenvalue weighted by molar-refractivity contribution is 5.62. The van der Waals surface area contributed by atoms with Gasteiger partial charge in [0.05, 0.1) is 6.54 Å². The number of benzene rings is 2. The number of nitrogens with zero attached hydrogens (tertiary/aromatic N) is 3. The van der Waals surface area contributed by atoms with Crippen LogP contribution in [-0.2, 0) is 19.1 Å². The van der Waals surface area contributed by atoms with Crippen molar-refractivity contribution in [2.75, 3.05) is 0 Å². The number of rotatable bonds is 4. The molecular weight excluding hydrogens is 315 g/mol. The van der Waals surface area contributed by atoms with Crippen molar-refractivity contribution in [1.82, 2.24) is 15.0 Å². The molecule has 0 amide bonds. The average Bonchev–Trinajstić information content (AvgIpc) is 3.00. The third-order valence-corrected chi connectivity index (χ3v) is 3.81. The molecule has 3 aromatic rings. The highest BCUT2D eigenvalue weighted by Crippen LogP contribution is 2.36. The largest absolute Gasteiger partial charge is 0.435 e. The Bertz CT molecular complexity index is 806. The summed E-state index contributed by atoms with van der Waals surface area (Å²) in [4.78, 5) is 0. The van der Waals surface area contributed by atoms with Crippen LogP contribution in [0.3, 0.4) is 0 Å². The Kier molecular flexibility index (Phi) is 4.38. The van der Waals surface area contributed by atoms with E-state index < -0.39 is 11.9 Å². The molecule has 0 N–H and O–H groups in total. The fourth-order valence-corrected chi connectivity index (χ4v) is 2.55. The predicted octanol–water partition coefficient (Wildman–Crippen LogP) is 4.57. The van der Waals surface area contributed by atoms with E-state index in [0.29, 0.717) is 5.56 Å². The van der Waals surface area contributed by atoms with Crippen molar-refractivity contribution < 1.29 is 13.2 Å². The van der Waals surface area contributed by atoms with Crippen molar-refractivity contribution in [3.05, 3.63) is 71.4 Å². The zero-order valence-corrected chi connectivity index (χ0v) is 13.1. The molecule has 1 heterocycles. The van der Waals surface area contributed by atoms with Crippen molar-refractivity contribution in [2.24, 2.45) is 0 Å². The van der Waals surface area contributed by atoms with Crippen LogP contribution in [0.2, 0.25) is 0 Å². The lowest BCUT2D eigenvalue weighted by molar-refractivity contribution is -0.143. The van der Waals surface area contributed by atoms with Crippen LogP contribution in [-0.4, -0.2) is 15.0 Å². The molecule has 0 saturated carbocycles. The lowest BCUT2D eigenvalue weighted by Gasteiger charge is -2.11. The highest BCUT2D eigenvalue weighted by atomic mass is 19.4. The van der Waals surface area contributed by atoms with Crippen LogP contribution in [0.1, 0.15) is 23.7 Å². The molecule has 0 atom stereocenters. The molecule has 0 aliphatic rings. The van der Waals surface area contributed by atoms with E-state index in [-0.39, 0.29) is 12.2 Å². The van der Waals surface area contributed by atoms with Gasteiger partial charge in [0.2, 0.25) is 0 Å². The Hall–Kier alpha value is -2.63. The van der Waals surface area contributed by atoms with Gasteiger partial charge in [-0.3, -0.25) is 0 Å². The molecule has 0 fully saturated rings. The second-order valence-corrected chi connectivity index (χ2v) is 5.48. The summed E-state index contributed by atoms with van der Waals surface area (Å²) >= 11 is 0.